The zero-order valence-electron chi connectivity index (χ0n) is 15.2. The van der Waals surface area contributed by atoms with Crippen molar-refractivity contribution in [3.63, 3.8) is 0 Å². The number of anilines is 1. The van der Waals surface area contributed by atoms with Crippen molar-refractivity contribution < 1.29 is 13.5 Å². The van der Waals surface area contributed by atoms with Gasteiger partial charge in [0.1, 0.15) is 5.75 Å². The lowest BCUT2D eigenvalue weighted by molar-refractivity contribution is 0.00276. The van der Waals surface area contributed by atoms with Gasteiger partial charge in [-0.3, -0.25) is 0 Å². The second-order valence-corrected chi connectivity index (χ2v) is 7.99. The molecule has 1 aromatic rings. The number of halogens is 2. The minimum absolute atomic E-state index is 0.261. The lowest BCUT2D eigenvalue weighted by Gasteiger charge is -2.58. The standard InChI is InChI=1S/C20H28F2N2O/c1-24-8-7-20-6-4-3-5-14(20)17(24)10-13-9-16(23-12-19(21)22)18(25-2)11-15(13)20/h9,11,14,17,19,23H,3-8,10,12H2,1-2H3/t14-,17+,20+/m1/s1. The van der Waals surface area contributed by atoms with Crippen LogP contribution in [-0.2, 0) is 11.8 Å². The number of alkyl halides is 2. The molecule has 3 aliphatic rings. The molecule has 1 N–H and O–H groups in total. The zero-order chi connectivity index (χ0) is 17.6. The highest BCUT2D eigenvalue weighted by Gasteiger charge is 2.53. The third-order valence-corrected chi connectivity index (χ3v) is 6.88. The Morgan fingerprint density at radius 2 is 2.16 bits per heavy atom. The van der Waals surface area contributed by atoms with Crippen LogP contribution in [0.4, 0.5) is 14.5 Å². The van der Waals surface area contributed by atoms with Gasteiger partial charge in [-0.1, -0.05) is 12.8 Å². The molecule has 0 unspecified atom stereocenters. The first-order valence-corrected chi connectivity index (χ1v) is 9.49. The van der Waals surface area contributed by atoms with Crippen molar-refractivity contribution in [2.45, 2.75) is 56.4 Å². The van der Waals surface area contributed by atoms with Crippen molar-refractivity contribution in [1.29, 1.82) is 0 Å². The van der Waals surface area contributed by atoms with Crippen LogP contribution < -0.4 is 10.1 Å². The van der Waals surface area contributed by atoms with E-state index in [2.05, 4.69) is 29.4 Å². The topological polar surface area (TPSA) is 24.5 Å². The predicted molar refractivity (Wildman–Crippen MR) is 95.9 cm³/mol. The molecule has 4 rings (SSSR count). The Bertz CT molecular complexity index is 651. The van der Waals surface area contributed by atoms with Crippen LogP contribution in [0.15, 0.2) is 12.1 Å². The lowest BCUT2D eigenvalue weighted by atomic mass is 9.52. The van der Waals surface area contributed by atoms with E-state index in [1.165, 1.54) is 43.2 Å². The van der Waals surface area contributed by atoms with Crippen LogP contribution in [0.25, 0.3) is 0 Å². The maximum Gasteiger partial charge on any atom is 0.255 e. The molecule has 0 aromatic heterocycles. The minimum Gasteiger partial charge on any atom is -0.495 e. The monoisotopic (exact) mass is 350 g/mol. The van der Waals surface area contributed by atoms with E-state index in [0.29, 0.717) is 17.5 Å². The second-order valence-electron chi connectivity index (χ2n) is 7.99. The van der Waals surface area contributed by atoms with E-state index < -0.39 is 6.43 Å². The van der Waals surface area contributed by atoms with Crippen LogP contribution in [0.3, 0.4) is 0 Å². The van der Waals surface area contributed by atoms with Crippen LogP contribution in [0.2, 0.25) is 0 Å². The summed E-state index contributed by atoms with van der Waals surface area (Å²) < 4.78 is 30.9. The Labute approximate surface area is 148 Å². The van der Waals surface area contributed by atoms with Crippen molar-refractivity contribution in [2.24, 2.45) is 5.92 Å². The van der Waals surface area contributed by atoms with Gasteiger partial charge >= 0.3 is 0 Å². The first-order chi connectivity index (χ1) is 12.0. The van der Waals surface area contributed by atoms with Gasteiger partial charge in [0.05, 0.1) is 19.3 Å². The Kier molecular flexibility index (Phi) is 4.38. The molecule has 25 heavy (non-hydrogen) atoms. The average molecular weight is 350 g/mol. The molecule has 2 aliphatic carbocycles. The number of nitrogens with one attached hydrogen (secondary N) is 1. The third-order valence-electron chi connectivity index (χ3n) is 6.88. The number of methoxy groups -OCH3 is 1. The van der Waals surface area contributed by atoms with Crippen molar-refractivity contribution in [1.82, 2.24) is 4.90 Å². The van der Waals surface area contributed by atoms with E-state index in [-0.39, 0.29) is 12.0 Å². The Hall–Kier alpha value is -1.36. The van der Waals surface area contributed by atoms with Gasteiger partial charge in [-0.15, -0.1) is 0 Å². The Morgan fingerprint density at radius 3 is 2.92 bits per heavy atom. The molecule has 1 saturated heterocycles. The molecule has 3 atom stereocenters. The van der Waals surface area contributed by atoms with Gasteiger partial charge < -0.3 is 15.0 Å². The SMILES string of the molecule is COc1cc2c(cc1NCC(F)F)C[C@H]1[C@H]3CCCC[C@@]23CCN1C. The molecular weight excluding hydrogens is 322 g/mol. The van der Waals surface area contributed by atoms with Gasteiger partial charge in [-0.05, 0) is 68.5 Å². The van der Waals surface area contributed by atoms with Gasteiger partial charge in [0.25, 0.3) is 6.43 Å². The highest BCUT2D eigenvalue weighted by molar-refractivity contribution is 5.63. The lowest BCUT2D eigenvalue weighted by Crippen LogP contribution is -2.59. The summed E-state index contributed by atoms with van der Waals surface area (Å²) in [5.74, 6) is 1.42. The predicted octanol–water partition coefficient (Wildman–Crippen LogP) is 4.06. The number of hydrogen-bond donors (Lipinski definition) is 1. The maximum atomic E-state index is 12.6. The second kappa shape index (κ2) is 6.42. The van der Waals surface area contributed by atoms with Gasteiger partial charge in [0.15, 0.2) is 0 Å². The number of hydrogen-bond acceptors (Lipinski definition) is 3. The van der Waals surface area contributed by atoms with Gasteiger partial charge in [-0.25, -0.2) is 8.78 Å². The summed E-state index contributed by atoms with van der Waals surface area (Å²) in [6, 6.07) is 4.82. The van der Waals surface area contributed by atoms with Crippen LogP contribution in [0.5, 0.6) is 5.75 Å². The molecule has 2 fully saturated rings. The number of ether oxygens (including phenoxy) is 1. The number of nitrogens with zero attached hydrogens (tertiary/aromatic N) is 1. The summed E-state index contributed by atoms with van der Waals surface area (Å²) in [7, 11) is 3.87. The molecule has 2 bridgehead atoms. The smallest absolute Gasteiger partial charge is 0.255 e. The van der Waals surface area contributed by atoms with E-state index >= 15 is 0 Å². The molecule has 0 radical (unpaired) electrons. The summed E-state index contributed by atoms with van der Waals surface area (Å²) in [4.78, 5) is 2.52. The molecule has 3 nitrogen and oxygen atoms in total. The van der Waals surface area contributed by atoms with Crippen molar-refractivity contribution >= 4 is 5.69 Å². The van der Waals surface area contributed by atoms with Crippen LogP contribution in [0.1, 0.15) is 43.2 Å². The minimum atomic E-state index is -2.37. The van der Waals surface area contributed by atoms with Gasteiger partial charge in [-0.2, -0.15) is 0 Å². The summed E-state index contributed by atoms with van der Waals surface area (Å²) in [5, 5.41) is 2.87. The van der Waals surface area contributed by atoms with Crippen molar-refractivity contribution in [2.75, 3.05) is 32.6 Å². The third kappa shape index (κ3) is 2.71. The number of piperidine rings is 1. The van der Waals surface area contributed by atoms with Crippen LogP contribution in [0, 0.1) is 5.92 Å². The normalized spacial score (nSPS) is 31.4. The molecular formula is C20H28F2N2O. The quantitative estimate of drug-likeness (QED) is 0.886. The first kappa shape index (κ1) is 17.1. The molecule has 1 saturated carbocycles. The number of likely N-dealkylation sites (N-methyl/N-ethyl adjacent to an activating group) is 1. The number of fused-ring (bicyclic) bond motifs is 1. The molecule has 1 aliphatic heterocycles. The Morgan fingerprint density at radius 1 is 1.32 bits per heavy atom. The highest BCUT2D eigenvalue weighted by Crippen LogP contribution is 2.56. The maximum absolute atomic E-state index is 12.6. The average Bonchev–Trinajstić information content (AvgIpc) is 2.62. The fourth-order valence-electron chi connectivity index (χ4n) is 5.73. The van der Waals surface area contributed by atoms with E-state index in [0.717, 1.165) is 18.9 Å². The summed E-state index contributed by atoms with van der Waals surface area (Å²) in [6.07, 6.45) is 5.03. The molecule has 1 heterocycles. The number of rotatable bonds is 4. The Balaban J connectivity index is 1.78. The fraction of sp³-hybridized carbons (Fsp3) is 0.700. The zero-order valence-corrected chi connectivity index (χ0v) is 15.2. The summed E-state index contributed by atoms with van der Waals surface area (Å²) in [6.45, 7) is 0.806. The van der Waals surface area contributed by atoms with E-state index in [9.17, 15) is 8.78 Å². The highest BCUT2D eigenvalue weighted by atomic mass is 19.3. The molecule has 138 valence electrons. The van der Waals surface area contributed by atoms with Gasteiger partial charge in [0, 0.05) is 11.5 Å². The van der Waals surface area contributed by atoms with Crippen LogP contribution in [-0.4, -0.2) is 44.6 Å². The largest absolute Gasteiger partial charge is 0.495 e. The number of likely N-dealkylation sites (tertiary alicyclic amines) is 1. The molecule has 5 heteroatoms. The van der Waals surface area contributed by atoms with E-state index in [1.807, 2.05) is 0 Å². The first-order valence-electron chi connectivity index (χ1n) is 9.49. The van der Waals surface area contributed by atoms with Crippen molar-refractivity contribution in [3.8, 4) is 5.75 Å². The van der Waals surface area contributed by atoms with Crippen LogP contribution >= 0.6 is 0 Å². The summed E-state index contributed by atoms with van der Waals surface area (Å²) in [5.41, 5.74) is 3.72. The molecule has 0 amide bonds. The van der Waals surface area contributed by atoms with E-state index in [4.69, 9.17) is 4.74 Å². The van der Waals surface area contributed by atoms with E-state index in [1.54, 1.807) is 7.11 Å². The fourth-order valence-corrected chi connectivity index (χ4v) is 5.73. The molecule has 1 aromatic carbocycles. The number of benzene rings is 1. The van der Waals surface area contributed by atoms with Crippen molar-refractivity contribution in [3.05, 3.63) is 23.3 Å². The summed E-state index contributed by atoms with van der Waals surface area (Å²) >= 11 is 0. The molecule has 0 spiro atoms. The van der Waals surface area contributed by atoms with Gasteiger partial charge in [0.2, 0.25) is 0 Å².